The van der Waals surface area contributed by atoms with Gasteiger partial charge in [0.1, 0.15) is 11.6 Å². The van der Waals surface area contributed by atoms with E-state index in [1.807, 2.05) is 11.5 Å². The van der Waals surface area contributed by atoms with Crippen molar-refractivity contribution in [3.05, 3.63) is 41.5 Å². The van der Waals surface area contributed by atoms with Gasteiger partial charge in [0, 0.05) is 13.1 Å². The molecule has 1 aliphatic heterocycles. The van der Waals surface area contributed by atoms with E-state index in [0.29, 0.717) is 30.9 Å². The summed E-state index contributed by atoms with van der Waals surface area (Å²) in [6.45, 7) is 5.35. The second-order valence-electron chi connectivity index (χ2n) is 5.47. The third-order valence-electron chi connectivity index (χ3n) is 3.87. The van der Waals surface area contributed by atoms with Crippen LogP contribution in [-0.2, 0) is 17.9 Å². The van der Waals surface area contributed by atoms with E-state index in [1.165, 1.54) is 0 Å². The number of rotatable bonds is 3. The summed E-state index contributed by atoms with van der Waals surface area (Å²) >= 11 is 0. The number of nitrogens with zero attached hydrogens (tertiary/aromatic N) is 5. The second-order valence-corrected chi connectivity index (χ2v) is 5.47. The van der Waals surface area contributed by atoms with Crippen molar-refractivity contribution < 1.29 is 9.53 Å². The van der Waals surface area contributed by atoms with Crippen molar-refractivity contribution in [2.45, 2.75) is 33.0 Å². The molecular formula is C16H17N5O2. The molecule has 0 aliphatic carbocycles. The van der Waals surface area contributed by atoms with E-state index >= 15 is 0 Å². The summed E-state index contributed by atoms with van der Waals surface area (Å²) in [5.41, 5.74) is 0.503. The van der Waals surface area contributed by atoms with Crippen LogP contribution >= 0.6 is 0 Å². The van der Waals surface area contributed by atoms with Gasteiger partial charge in [0.25, 0.3) is 5.91 Å². The molecule has 7 heteroatoms. The lowest BCUT2D eigenvalue weighted by Crippen LogP contribution is -2.44. The maximum atomic E-state index is 12.6. The van der Waals surface area contributed by atoms with Gasteiger partial charge in [-0.2, -0.15) is 5.26 Å². The van der Waals surface area contributed by atoms with E-state index in [-0.39, 0.29) is 5.91 Å². The van der Waals surface area contributed by atoms with Crippen molar-refractivity contribution in [1.82, 2.24) is 19.7 Å². The molecule has 0 saturated carbocycles. The summed E-state index contributed by atoms with van der Waals surface area (Å²) in [7, 11) is 0. The number of hydrogen-bond acceptors (Lipinski definition) is 5. The Morgan fingerprint density at radius 2 is 2.22 bits per heavy atom. The normalized spacial score (nSPS) is 14.7. The molecule has 118 valence electrons. The third-order valence-corrected chi connectivity index (χ3v) is 3.87. The number of aromatic nitrogens is 3. The van der Waals surface area contributed by atoms with E-state index in [9.17, 15) is 4.79 Å². The van der Waals surface area contributed by atoms with Gasteiger partial charge < -0.3 is 14.2 Å². The number of carbonyl (C=O) groups excluding carboxylic acids is 1. The third kappa shape index (κ3) is 3.01. The minimum absolute atomic E-state index is 0.0979. The lowest BCUT2D eigenvalue weighted by Gasteiger charge is -2.29. The number of fused-ring (bicyclic) bond motifs is 1. The first-order valence-electron chi connectivity index (χ1n) is 7.43. The van der Waals surface area contributed by atoms with Crippen LogP contribution < -0.4 is 4.74 Å². The van der Waals surface area contributed by atoms with E-state index in [0.717, 1.165) is 11.6 Å². The fourth-order valence-corrected chi connectivity index (χ4v) is 2.64. The highest BCUT2D eigenvalue weighted by Gasteiger charge is 2.27. The Hall–Kier alpha value is -2.88. The summed E-state index contributed by atoms with van der Waals surface area (Å²) in [6.07, 6.45) is -0.625. The van der Waals surface area contributed by atoms with E-state index in [4.69, 9.17) is 10.00 Å². The maximum Gasteiger partial charge on any atom is 0.263 e. The molecule has 1 aromatic heterocycles. The fourth-order valence-electron chi connectivity index (χ4n) is 2.64. The van der Waals surface area contributed by atoms with Crippen LogP contribution in [0.3, 0.4) is 0 Å². The highest BCUT2D eigenvalue weighted by Crippen LogP contribution is 2.17. The number of amides is 1. The molecule has 2 heterocycles. The van der Waals surface area contributed by atoms with E-state index < -0.39 is 6.10 Å². The van der Waals surface area contributed by atoms with Crippen LogP contribution in [0.25, 0.3) is 0 Å². The van der Waals surface area contributed by atoms with Crippen molar-refractivity contribution in [3.8, 4) is 11.8 Å². The van der Waals surface area contributed by atoms with Crippen LogP contribution in [0.4, 0.5) is 0 Å². The monoisotopic (exact) mass is 311 g/mol. The average Bonchev–Trinajstić information content (AvgIpc) is 2.95. The summed E-state index contributed by atoms with van der Waals surface area (Å²) in [5.74, 6) is 2.07. The Bertz CT molecular complexity index is 777. The number of hydrogen-bond donors (Lipinski definition) is 0. The zero-order valence-electron chi connectivity index (χ0n) is 13.1. The molecule has 1 amide bonds. The van der Waals surface area contributed by atoms with Gasteiger partial charge in [-0.25, -0.2) is 0 Å². The Morgan fingerprint density at radius 3 is 3.00 bits per heavy atom. The van der Waals surface area contributed by atoms with Crippen molar-refractivity contribution in [2.24, 2.45) is 0 Å². The molecule has 0 fully saturated rings. The predicted molar refractivity (Wildman–Crippen MR) is 81.4 cm³/mol. The predicted octanol–water partition coefficient (Wildman–Crippen LogP) is 1.27. The largest absolute Gasteiger partial charge is 0.481 e. The zero-order chi connectivity index (χ0) is 16.4. The zero-order valence-corrected chi connectivity index (χ0v) is 13.1. The molecule has 0 radical (unpaired) electrons. The molecule has 1 aromatic carbocycles. The van der Waals surface area contributed by atoms with Crippen molar-refractivity contribution in [1.29, 1.82) is 5.26 Å². The molecule has 2 aromatic rings. The van der Waals surface area contributed by atoms with E-state index in [1.54, 1.807) is 36.1 Å². The maximum absolute atomic E-state index is 12.6. The topological polar surface area (TPSA) is 84.0 Å². The van der Waals surface area contributed by atoms with Crippen LogP contribution in [-0.4, -0.2) is 38.2 Å². The Morgan fingerprint density at radius 1 is 1.39 bits per heavy atom. The van der Waals surface area contributed by atoms with Crippen LogP contribution in [0, 0.1) is 18.3 Å². The van der Waals surface area contributed by atoms with Crippen LogP contribution in [0.2, 0.25) is 0 Å². The molecule has 0 bridgehead atoms. The van der Waals surface area contributed by atoms with Gasteiger partial charge in [-0.3, -0.25) is 4.79 Å². The van der Waals surface area contributed by atoms with Crippen molar-refractivity contribution >= 4 is 5.91 Å². The quantitative estimate of drug-likeness (QED) is 0.852. The Balaban J connectivity index is 1.67. The molecule has 0 spiro atoms. The van der Waals surface area contributed by atoms with Gasteiger partial charge in [-0.05, 0) is 32.0 Å². The smallest absolute Gasteiger partial charge is 0.263 e. The highest BCUT2D eigenvalue weighted by molar-refractivity contribution is 5.81. The molecule has 7 nitrogen and oxygen atoms in total. The van der Waals surface area contributed by atoms with Gasteiger partial charge in [-0.15, -0.1) is 10.2 Å². The minimum atomic E-state index is -0.625. The molecular weight excluding hydrogens is 294 g/mol. The SMILES string of the molecule is Cc1nnc2n1CCN(C(=O)C(C)Oc1cccc(C#N)c1)C2. The number of nitriles is 1. The second kappa shape index (κ2) is 6.08. The van der Waals surface area contributed by atoms with Crippen LogP contribution in [0.1, 0.15) is 24.1 Å². The van der Waals surface area contributed by atoms with Gasteiger partial charge in [0.2, 0.25) is 0 Å². The molecule has 1 atom stereocenters. The number of ether oxygens (including phenoxy) is 1. The summed E-state index contributed by atoms with van der Waals surface area (Å²) in [5, 5.41) is 17.0. The van der Waals surface area contributed by atoms with Gasteiger partial charge in [0.15, 0.2) is 11.9 Å². The fraction of sp³-hybridized carbons (Fsp3) is 0.375. The Labute approximate surface area is 134 Å². The van der Waals surface area contributed by atoms with Gasteiger partial charge in [0.05, 0.1) is 18.2 Å². The number of aryl methyl sites for hydroxylation is 1. The summed E-state index contributed by atoms with van der Waals surface area (Å²) in [4.78, 5) is 14.3. The molecule has 1 aliphatic rings. The lowest BCUT2D eigenvalue weighted by atomic mass is 10.2. The minimum Gasteiger partial charge on any atom is -0.481 e. The first kappa shape index (κ1) is 15.0. The van der Waals surface area contributed by atoms with Crippen molar-refractivity contribution in [3.63, 3.8) is 0 Å². The summed E-state index contributed by atoms with van der Waals surface area (Å²) < 4.78 is 7.70. The van der Waals surface area contributed by atoms with Gasteiger partial charge >= 0.3 is 0 Å². The van der Waals surface area contributed by atoms with Crippen LogP contribution in [0.5, 0.6) is 5.75 Å². The van der Waals surface area contributed by atoms with Crippen LogP contribution in [0.15, 0.2) is 24.3 Å². The van der Waals surface area contributed by atoms with E-state index in [2.05, 4.69) is 16.3 Å². The first-order valence-corrected chi connectivity index (χ1v) is 7.43. The number of carbonyl (C=O) groups is 1. The molecule has 23 heavy (non-hydrogen) atoms. The molecule has 0 saturated heterocycles. The Kier molecular flexibility index (Phi) is 3.98. The average molecular weight is 311 g/mol. The molecule has 1 unspecified atom stereocenters. The summed E-state index contributed by atoms with van der Waals surface area (Å²) in [6, 6.07) is 8.84. The molecule has 3 rings (SSSR count). The van der Waals surface area contributed by atoms with Gasteiger partial charge in [-0.1, -0.05) is 6.07 Å². The molecule has 0 N–H and O–H groups in total. The van der Waals surface area contributed by atoms with Crippen molar-refractivity contribution in [2.75, 3.05) is 6.54 Å². The highest BCUT2D eigenvalue weighted by atomic mass is 16.5. The lowest BCUT2D eigenvalue weighted by molar-refractivity contribution is -0.139. The number of benzene rings is 1. The standard InChI is InChI=1S/C16H17N5O2/c1-11(23-14-5-3-4-13(8-14)9-17)16(22)20-6-7-21-12(2)18-19-15(21)10-20/h3-5,8,11H,6-7,10H2,1-2H3. The first-order chi connectivity index (χ1) is 11.1.